The molecule has 1 aliphatic carbocycles. The van der Waals surface area contributed by atoms with Gasteiger partial charge in [-0.05, 0) is 36.1 Å². The molecule has 1 aliphatic rings. The molecule has 0 aliphatic heterocycles. The van der Waals surface area contributed by atoms with Crippen LogP contribution in [0.1, 0.15) is 33.4 Å². The molecule has 0 fully saturated rings. The van der Waals surface area contributed by atoms with E-state index in [1.165, 1.54) is 22.3 Å². The number of rotatable bonds is 0. The highest BCUT2D eigenvalue weighted by Crippen LogP contribution is 2.26. The Morgan fingerprint density at radius 1 is 0.812 bits per heavy atom. The van der Waals surface area contributed by atoms with E-state index in [1.807, 2.05) is 0 Å². The fourth-order valence-corrected chi connectivity index (χ4v) is 2.51. The first kappa shape index (κ1) is 9.52. The van der Waals surface area contributed by atoms with Crippen LogP contribution in [0.5, 0.6) is 0 Å². The lowest BCUT2D eigenvalue weighted by Gasteiger charge is -2.21. The van der Waals surface area contributed by atoms with Crippen LogP contribution in [0.4, 0.5) is 0 Å². The topological polar surface area (TPSA) is 34.1 Å². The number of hydrogen-bond donors (Lipinski definition) is 0. The van der Waals surface area contributed by atoms with Crippen molar-refractivity contribution in [2.45, 2.75) is 26.7 Å². The molecule has 2 aromatic rings. The average Bonchev–Trinajstić information content (AvgIpc) is 2.28. The van der Waals surface area contributed by atoms with Gasteiger partial charge in [0.25, 0.3) is 0 Å². The van der Waals surface area contributed by atoms with Crippen LogP contribution in [0.25, 0.3) is 0 Å². The van der Waals surface area contributed by atoms with Gasteiger partial charge in [-0.1, -0.05) is 12.1 Å². The first-order valence-electron chi connectivity index (χ1n) is 5.48. The molecule has 0 saturated heterocycles. The molecule has 0 bridgehead atoms. The third-order valence-corrected chi connectivity index (χ3v) is 3.67. The van der Waals surface area contributed by atoms with Gasteiger partial charge in [0, 0.05) is 24.0 Å². The molecule has 0 spiro atoms. The van der Waals surface area contributed by atoms with Crippen molar-refractivity contribution in [2.24, 2.45) is 0 Å². The molecule has 80 valence electrons. The second kappa shape index (κ2) is 2.91. The van der Waals surface area contributed by atoms with Crippen LogP contribution >= 0.6 is 0 Å². The highest BCUT2D eigenvalue weighted by molar-refractivity contribution is 5.50. The van der Waals surface area contributed by atoms with E-state index in [9.17, 15) is 9.59 Å². The lowest BCUT2D eigenvalue weighted by atomic mass is 9.81. The van der Waals surface area contributed by atoms with Crippen molar-refractivity contribution in [1.82, 2.24) is 0 Å². The van der Waals surface area contributed by atoms with Gasteiger partial charge >= 0.3 is 0 Å². The van der Waals surface area contributed by atoms with Crippen molar-refractivity contribution >= 4 is 0 Å². The minimum absolute atomic E-state index is 0.265. The summed E-state index contributed by atoms with van der Waals surface area (Å²) in [5, 5.41) is 0. The smallest absolute Gasteiger partial charge is 0.229 e. The third-order valence-electron chi connectivity index (χ3n) is 3.67. The molecule has 0 radical (unpaired) electrons. The Morgan fingerprint density at radius 2 is 1.19 bits per heavy atom. The zero-order valence-corrected chi connectivity index (χ0v) is 9.39. The van der Waals surface area contributed by atoms with Crippen LogP contribution in [0.3, 0.4) is 0 Å². The molecule has 2 heteroatoms. The van der Waals surface area contributed by atoms with Crippen LogP contribution < -0.4 is 10.9 Å². The predicted octanol–water partition coefficient (Wildman–Crippen LogP) is 1.39. The minimum atomic E-state index is -0.265. The summed E-state index contributed by atoms with van der Waals surface area (Å²) in [7, 11) is 0. The zero-order valence-electron chi connectivity index (χ0n) is 9.39. The Morgan fingerprint density at radius 3 is 1.56 bits per heavy atom. The second-order valence-corrected chi connectivity index (χ2v) is 4.67. The minimum Gasteiger partial charge on any atom is -0.285 e. The fraction of sp³-hybridized carbons (Fsp3) is 0.286. The molecule has 0 unspecified atom stereocenters. The molecule has 0 N–H and O–H groups in total. The SMILES string of the molecule is Cc1cc2c(cc1C)Cc1c(c(=O)c1=O)C2. The zero-order chi connectivity index (χ0) is 11.4. The van der Waals surface area contributed by atoms with Crippen LogP contribution in [0.15, 0.2) is 21.7 Å². The molecular weight excluding hydrogens is 200 g/mol. The summed E-state index contributed by atoms with van der Waals surface area (Å²) in [4.78, 5) is 22.7. The van der Waals surface area contributed by atoms with Crippen molar-refractivity contribution in [3.63, 3.8) is 0 Å². The van der Waals surface area contributed by atoms with E-state index < -0.39 is 0 Å². The molecule has 2 aromatic carbocycles. The lowest BCUT2D eigenvalue weighted by Crippen LogP contribution is -2.41. The maximum Gasteiger partial charge on any atom is 0.229 e. The first-order valence-corrected chi connectivity index (χ1v) is 5.48. The number of hydrogen-bond acceptors (Lipinski definition) is 2. The lowest BCUT2D eigenvalue weighted by molar-refractivity contribution is 0.932. The van der Waals surface area contributed by atoms with Crippen molar-refractivity contribution in [1.29, 1.82) is 0 Å². The Labute approximate surface area is 93.2 Å². The summed E-state index contributed by atoms with van der Waals surface area (Å²) < 4.78 is 0. The molecule has 0 aromatic heterocycles. The molecule has 16 heavy (non-hydrogen) atoms. The van der Waals surface area contributed by atoms with Crippen molar-refractivity contribution in [2.75, 3.05) is 0 Å². The van der Waals surface area contributed by atoms with Crippen LogP contribution in [0, 0.1) is 13.8 Å². The average molecular weight is 212 g/mol. The standard InChI is InChI=1S/C14H12O2/c1-7-3-9-5-11-12(14(16)13(11)15)6-10(9)4-8(7)2/h3-4H,5-6H2,1-2H3. The summed E-state index contributed by atoms with van der Waals surface area (Å²) >= 11 is 0. The van der Waals surface area contributed by atoms with E-state index in [-0.39, 0.29) is 10.9 Å². The summed E-state index contributed by atoms with van der Waals surface area (Å²) in [6.45, 7) is 4.15. The van der Waals surface area contributed by atoms with Gasteiger partial charge in [-0.2, -0.15) is 0 Å². The molecule has 0 saturated carbocycles. The Kier molecular flexibility index (Phi) is 1.73. The Bertz CT molecular complexity index is 612. The van der Waals surface area contributed by atoms with E-state index in [0.29, 0.717) is 12.8 Å². The second-order valence-electron chi connectivity index (χ2n) is 4.67. The van der Waals surface area contributed by atoms with Crippen molar-refractivity contribution < 1.29 is 0 Å². The molecule has 0 heterocycles. The summed E-state index contributed by atoms with van der Waals surface area (Å²) in [6.07, 6.45) is 1.30. The molecule has 0 amide bonds. The van der Waals surface area contributed by atoms with Crippen molar-refractivity contribution in [3.05, 3.63) is 66.0 Å². The highest BCUT2D eigenvalue weighted by Gasteiger charge is 2.26. The van der Waals surface area contributed by atoms with E-state index in [2.05, 4.69) is 26.0 Å². The summed E-state index contributed by atoms with van der Waals surface area (Å²) in [5.41, 5.74) is 5.89. The first-order chi connectivity index (χ1) is 7.58. The van der Waals surface area contributed by atoms with Crippen LogP contribution in [-0.4, -0.2) is 0 Å². The maximum atomic E-state index is 11.4. The van der Waals surface area contributed by atoms with E-state index in [4.69, 9.17) is 0 Å². The molecular formula is C14H12O2. The van der Waals surface area contributed by atoms with Gasteiger partial charge in [-0.15, -0.1) is 0 Å². The molecule has 3 rings (SSSR count). The van der Waals surface area contributed by atoms with Gasteiger partial charge in [-0.3, -0.25) is 9.59 Å². The van der Waals surface area contributed by atoms with Crippen molar-refractivity contribution in [3.8, 4) is 0 Å². The fourth-order valence-electron chi connectivity index (χ4n) is 2.51. The Balaban J connectivity index is 2.17. The van der Waals surface area contributed by atoms with Gasteiger partial charge in [-0.25, -0.2) is 0 Å². The van der Waals surface area contributed by atoms with Gasteiger partial charge in [0.2, 0.25) is 10.9 Å². The highest BCUT2D eigenvalue weighted by atomic mass is 16.2. The summed E-state index contributed by atoms with van der Waals surface area (Å²) in [5.74, 6) is 0. The third kappa shape index (κ3) is 1.07. The number of fused-ring (bicyclic) bond motifs is 2. The number of benzene rings is 1. The monoisotopic (exact) mass is 212 g/mol. The van der Waals surface area contributed by atoms with Crippen LogP contribution in [0.2, 0.25) is 0 Å². The maximum absolute atomic E-state index is 11.4. The van der Waals surface area contributed by atoms with Gasteiger partial charge in [0.15, 0.2) is 0 Å². The van der Waals surface area contributed by atoms with E-state index in [1.54, 1.807) is 0 Å². The molecule has 2 nitrogen and oxygen atoms in total. The normalized spacial score (nSPS) is 13.6. The number of aryl methyl sites for hydroxylation is 2. The quantitative estimate of drug-likeness (QED) is 0.528. The predicted molar refractivity (Wildman–Crippen MR) is 62.9 cm³/mol. The largest absolute Gasteiger partial charge is 0.285 e. The van der Waals surface area contributed by atoms with Gasteiger partial charge < -0.3 is 0 Å². The Hall–Kier alpha value is -1.70. The van der Waals surface area contributed by atoms with Gasteiger partial charge in [0.1, 0.15) is 0 Å². The molecule has 0 atom stereocenters. The van der Waals surface area contributed by atoms with Gasteiger partial charge in [0.05, 0.1) is 0 Å². The van der Waals surface area contributed by atoms with E-state index >= 15 is 0 Å². The van der Waals surface area contributed by atoms with Crippen LogP contribution in [-0.2, 0) is 12.8 Å². The van der Waals surface area contributed by atoms with E-state index in [0.717, 1.165) is 11.1 Å². The summed E-state index contributed by atoms with van der Waals surface area (Å²) in [6, 6.07) is 4.29.